The minimum Gasteiger partial charge on any atom is -0.383 e. The molecule has 0 heterocycles. The first-order valence-electron chi connectivity index (χ1n) is 8.86. The van der Waals surface area contributed by atoms with Gasteiger partial charge in [0.2, 0.25) is 0 Å². The molecule has 0 unspecified atom stereocenters. The summed E-state index contributed by atoms with van der Waals surface area (Å²) in [6.45, 7) is 5.79. The molecule has 0 atom stereocenters. The normalized spacial score (nSPS) is 23.1. The van der Waals surface area contributed by atoms with Crippen molar-refractivity contribution in [1.82, 2.24) is 4.98 Å². The molecule has 2 aliphatic rings. The van der Waals surface area contributed by atoms with E-state index < -0.39 is 8.72 Å². The Morgan fingerprint density at radius 2 is 1.30 bits per heavy atom. The van der Waals surface area contributed by atoms with Crippen molar-refractivity contribution in [1.29, 1.82) is 0 Å². The smallest absolute Gasteiger partial charge is 0.383 e. The topological polar surface area (TPSA) is 30.5 Å². The lowest BCUT2D eigenvalue weighted by molar-refractivity contribution is 0.144. The van der Waals surface area contributed by atoms with Gasteiger partial charge in [-0.15, -0.1) is 0 Å². The molecule has 3 nitrogen and oxygen atoms in total. The summed E-state index contributed by atoms with van der Waals surface area (Å²) >= 11 is 0. The van der Waals surface area contributed by atoms with Gasteiger partial charge >= 0.3 is 8.72 Å². The zero-order valence-electron chi connectivity index (χ0n) is 13.5. The van der Waals surface area contributed by atoms with Crippen molar-refractivity contribution in [2.45, 2.75) is 89.6 Å². The van der Waals surface area contributed by atoms with E-state index >= 15 is 0 Å². The first kappa shape index (κ1) is 16.5. The molecule has 2 saturated carbocycles. The zero-order valence-corrected chi connectivity index (χ0v) is 14.5. The van der Waals surface area contributed by atoms with Gasteiger partial charge in [0.15, 0.2) is 0 Å². The van der Waals surface area contributed by atoms with Gasteiger partial charge in [-0.25, -0.2) is 0 Å². The van der Waals surface area contributed by atoms with E-state index in [1.54, 1.807) is 0 Å². The largest absolute Gasteiger partial charge is 0.428 e. The lowest BCUT2D eigenvalue weighted by Crippen LogP contribution is -2.63. The maximum atomic E-state index is 6.32. The second-order valence-electron chi connectivity index (χ2n) is 6.35. The van der Waals surface area contributed by atoms with Gasteiger partial charge in [0, 0.05) is 24.8 Å². The van der Waals surface area contributed by atoms with Gasteiger partial charge in [0.1, 0.15) is 0 Å². The van der Waals surface area contributed by atoms with Gasteiger partial charge < -0.3 is 8.85 Å². The first-order valence-corrected chi connectivity index (χ1v) is 10.8. The first-order chi connectivity index (χ1) is 9.80. The fourth-order valence-electron chi connectivity index (χ4n) is 3.92. The highest BCUT2D eigenvalue weighted by Gasteiger charge is 2.48. The van der Waals surface area contributed by atoms with Gasteiger partial charge in [0.25, 0.3) is 0 Å². The van der Waals surface area contributed by atoms with Gasteiger partial charge in [-0.1, -0.05) is 38.5 Å². The van der Waals surface area contributed by atoms with Crippen LogP contribution in [0, 0.1) is 0 Å². The van der Waals surface area contributed by atoms with Crippen LogP contribution in [0.2, 0.25) is 5.54 Å². The SMILES string of the molecule is CCO[Si](NC1CCCCC1)(OCC)C1CCCCC1. The summed E-state index contributed by atoms with van der Waals surface area (Å²) in [5, 5.41) is 0. The van der Waals surface area contributed by atoms with E-state index in [9.17, 15) is 0 Å². The molecule has 0 bridgehead atoms. The maximum Gasteiger partial charge on any atom is 0.428 e. The summed E-state index contributed by atoms with van der Waals surface area (Å²) in [5.74, 6) is 0. The van der Waals surface area contributed by atoms with Crippen molar-refractivity contribution in [2.24, 2.45) is 0 Å². The lowest BCUT2D eigenvalue weighted by Gasteiger charge is -2.41. The van der Waals surface area contributed by atoms with Crippen LogP contribution < -0.4 is 4.98 Å². The highest BCUT2D eigenvalue weighted by molar-refractivity contribution is 6.66. The van der Waals surface area contributed by atoms with E-state index in [4.69, 9.17) is 8.85 Å². The Morgan fingerprint density at radius 1 is 0.800 bits per heavy atom. The van der Waals surface area contributed by atoms with Gasteiger partial charge in [-0.05, 0) is 39.5 Å². The third kappa shape index (κ3) is 4.29. The predicted molar refractivity (Wildman–Crippen MR) is 85.8 cm³/mol. The monoisotopic (exact) mass is 299 g/mol. The molecular formula is C16H33NO2Si. The molecule has 0 spiro atoms. The minimum absolute atomic E-state index is 0.635. The summed E-state index contributed by atoms with van der Waals surface area (Å²) in [5.41, 5.74) is 0.651. The molecule has 0 aliphatic heterocycles. The fourth-order valence-corrected chi connectivity index (χ4v) is 7.76. The van der Waals surface area contributed by atoms with Crippen LogP contribution in [0.3, 0.4) is 0 Å². The molecule has 0 radical (unpaired) electrons. The Hall–Kier alpha value is 0.0969. The van der Waals surface area contributed by atoms with Crippen molar-refractivity contribution >= 4 is 8.72 Å². The molecule has 0 aromatic heterocycles. The highest BCUT2D eigenvalue weighted by Crippen LogP contribution is 2.37. The number of nitrogens with one attached hydrogen (secondary N) is 1. The molecule has 0 saturated heterocycles. The van der Waals surface area contributed by atoms with Crippen LogP contribution in [0.25, 0.3) is 0 Å². The van der Waals surface area contributed by atoms with Crippen LogP contribution in [-0.2, 0) is 8.85 Å². The summed E-state index contributed by atoms with van der Waals surface area (Å²) in [7, 11) is -2.23. The lowest BCUT2D eigenvalue weighted by atomic mass is 9.96. The van der Waals surface area contributed by atoms with Crippen LogP contribution in [0.4, 0.5) is 0 Å². The summed E-state index contributed by atoms with van der Waals surface area (Å²) < 4.78 is 12.6. The quantitative estimate of drug-likeness (QED) is 0.713. The van der Waals surface area contributed by atoms with Crippen LogP contribution in [-0.4, -0.2) is 28.0 Å². The molecule has 0 aromatic rings. The van der Waals surface area contributed by atoms with Gasteiger partial charge in [0.05, 0.1) is 0 Å². The Morgan fingerprint density at radius 3 is 1.80 bits per heavy atom. The Bertz CT molecular complexity index is 257. The van der Waals surface area contributed by atoms with E-state index in [0.29, 0.717) is 11.6 Å². The molecule has 0 amide bonds. The molecule has 2 rings (SSSR count). The van der Waals surface area contributed by atoms with E-state index in [0.717, 1.165) is 13.2 Å². The van der Waals surface area contributed by atoms with E-state index in [2.05, 4.69) is 18.8 Å². The standard InChI is InChI=1S/C16H33NO2Si/c1-3-18-20(19-4-2,16-13-9-6-10-14-16)17-15-11-7-5-8-12-15/h15-17H,3-14H2,1-2H3. The molecule has 20 heavy (non-hydrogen) atoms. The third-order valence-corrected chi connectivity index (χ3v) is 8.77. The number of rotatable bonds is 7. The van der Waals surface area contributed by atoms with Gasteiger partial charge in [-0.2, -0.15) is 0 Å². The average Bonchev–Trinajstić information content (AvgIpc) is 2.49. The molecule has 4 heteroatoms. The zero-order chi connectivity index (χ0) is 14.3. The van der Waals surface area contributed by atoms with Crippen molar-refractivity contribution in [3.05, 3.63) is 0 Å². The van der Waals surface area contributed by atoms with E-state index in [1.807, 2.05) is 0 Å². The molecular weight excluding hydrogens is 266 g/mol. The van der Waals surface area contributed by atoms with E-state index in [-0.39, 0.29) is 0 Å². The van der Waals surface area contributed by atoms with Crippen LogP contribution in [0.5, 0.6) is 0 Å². The second kappa shape index (κ2) is 8.52. The average molecular weight is 300 g/mol. The number of hydrogen-bond acceptors (Lipinski definition) is 3. The summed E-state index contributed by atoms with van der Waals surface area (Å²) in [4.78, 5) is 3.94. The van der Waals surface area contributed by atoms with Crippen molar-refractivity contribution in [2.75, 3.05) is 13.2 Å². The molecule has 0 aromatic carbocycles. The van der Waals surface area contributed by atoms with Crippen LogP contribution in [0.1, 0.15) is 78.1 Å². The van der Waals surface area contributed by atoms with E-state index in [1.165, 1.54) is 64.2 Å². The van der Waals surface area contributed by atoms with Crippen LogP contribution in [0.15, 0.2) is 0 Å². The highest BCUT2D eigenvalue weighted by atomic mass is 28.4. The third-order valence-electron chi connectivity index (χ3n) is 4.87. The predicted octanol–water partition coefficient (Wildman–Crippen LogP) is 4.25. The molecule has 118 valence electrons. The molecule has 2 fully saturated rings. The molecule has 1 N–H and O–H groups in total. The number of hydrogen-bond donors (Lipinski definition) is 1. The summed E-state index contributed by atoms with van der Waals surface area (Å²) in [6.07, 6.45) is 13.4. The summed E-state index contributed by atoms with van der Waals surface area (Å²) in [6, 6.07) is 0.635. The maximum absolute atomic E-state index is 6.32. The van der Waals surface area contributed by atoms with Crippen molar-refractivity contribution in [3.8, 4) is 0 Å². The van der Waals surface area contributed by atoms with Gasteiger partial charge in [-0.3, -0.25) is 4.98 Å². The molecule has 2 aliphatic carbocycles. The Kier molecular flexibility index (Phi) is 7.01. The van der Waals surface area contributed by atoms with Crippen LogP contribution >= 0.6 is 0 Å². The second-order valence-corrected chi connectivity index (χ2v) is 9.37. The van der Waals surface area contributed by atoms with Crippen molar-refractivity contribution in [3.63, 3.8) is 0 Å². The Labute approximate surface area is 126 Å². The van der Waals surface area contributed by atoms with Crippen molar-refractivity contribution < 1.29 is 8.85 Å². The minimum atomic E-state index is -2.23. The Balaban J connectivity index is 2.06. The fraction of sp³-hybridized carbons (Fsp3) is 1.00.